The van der Waals surface area contributed by atoms with E-state index in [0.29, 0.717) is 36.4 Å². The van der Waals surface area contributed by atoms with Crippen molar-refractivity contribution in [1.29, 1.82) is 5.41 Å². The van der Waals surface area contributed by atoms with Gasteiger partial charge in [0, 0.05) is 31.4 Å². The van der Waals surface area contributed by atoms with E-state index < -0.39 is 5.82 Å². The van der Waals surface area contributed by atoms with Crippen LogP contribution in [0.1, 0.15) is 45.9 Å². The first kappa shape index (κ1) is 23.7. The Bertz CT molecular complexity index is 1100. The molecule has 32 heavy (non-hydrogen) atoms. The number of hydrogen-bond acceptors (Lipinski definition) is 6. The van der Waals surface area contributed by atoms with Crippen LogP contribution in [0.15, 0.2) is 28.9 Å². The van der Waals surface area contributed by atoms with Crippen LogP contribution in [0.3, 0.4) is 0 Å². The Kier molecular flexibility index (Phi) is 7.51. The molecular weight excluding hydrogens is 405 g/mol. The summed E-state index contributed by atoms with van der Waals surface area (Å²) < 4.78 is 20.9. The van der Waals surface area contributed by atoms with Gasteiger partial charge in [-0.05, 0) is 61.1 Å². The van der Waals surface area contributed by atoms with Gasteiger partial charge in [-0.15, -0.1) is 0 Å². The number of nitrogens with zero attached hydrogens (tertiary/aromatic N) is 4. The van der Waals surface area contributed by atoms with Crippen LogP contribution in [-0.2, 0) is 4.74 Å². The predicted molar refractivity (Wildman–Crippen MR) is 131 cm³/mol. The number of fused-ring (bicyclic) bond motifs is 1. The summed E-state index contributed by atoms with van der Waals surface area (Å²) in [5.41, 5.74) is 4.47. The molecule has 7 heteroatoms. The third-order valence-corrected chi connectivity index (χ3v) is 5.95. The van der Waals surface area contributed by atoms with E-state index in [2.05, 4.69) is 35.6 Å². The van der Waals surface area contributed by atoms with E-state index in [4.69, 9.17) is 15.1 Å². The third-order valence-electron chi connectivity index (χ3n) is 5.95. The Hall–Kier alpha value is -2.93. The molecule has 1 atom stereocenters. The van der Waals surface area contributed by atoms with Crippen molar-refractivity contribution in [2.45, 2.75) is 40.7 Å². The van der Waals surface area contributed by atoms with Gasteiger partial charge in [-0.3, -0.25) is 9.98 Å². The predicted octanol–water partition coefficient (Wildman–Crippen LogP) is 5.18. The summed E-state index contributed by atoms with van der Waals surface area (Å²) >= 11 is 0. The molecule has 0 aromatic carbocycles. The van der Waals surface area contributed by atoms with Crippen LogP contribution >= 0.6 is 0 Å². The lowest BCUT2D eigenvalue weighted by molar-refractivity contribution is 0.0985. The minimum Gasteiger partial charge on any atom is -0.377 e. The molecule has 3 heterocycles. The number of rotatable bonds is 6. The van der Waals surface area contributed by atoms with Gasteiger partial charge in [-0.2, -0.15) is 0 Å². The minimum atomic E-state index is -0.419. The molecule has 1 unspecified atom stereocenters. The van der Waals surface area contributed by atoms with Gasteiger partial charge in [0.1, 0.15) is 11.3 Å². The van der Waals surface area contributed by atoms with Crippen LogP contribution in [0, 0.1) is 17.1 Å². The van der Waals surface area contributed by atoms with Crippen molar-refractivity contribution in [3.63, 3.8) is 0 Å². The Morgan fingerprint density at radius 3 is 2.75 bits per heavy atom. The van der Waals surface area contributed by atoms with Crippen molar-refractivity contribution >= 4 is 40.3 Å². The normalized spacial score (nSPS) is 18.6. The molecular formula is C25H32FN5O. The molecule has 3 rings (SSSR count). The number of ether oxygens (including phenoxy) is 1. The largest absolute Gasteiger partial charge is 0.377 e. The summed E-state index contributed by atoms with van der Waals surface area (Å²) in [6.07, 6.45) is 6.22. The van der Waals surface area contributed by atoms with E-state index in [-0.39, 0.29) is 12.0 Å². The maximum atomic E-state index is 15.3. The Balaban J connectivity index is 2.42. The van der Waals surface area contributed by atoms with Gasteiger partial charge < -0.3 is 15.0 Å². The van der Waals surface area contributed by atoms with Crippen LogP contribution in [0.4, 0.5) is 10.2 Å². The van der Waals surface area contributed by atoms with Gasteiger partial charge in [-0.1, -0.05) is 13.8 Å². The van der Waals surface area contributed by atoms with Gasteiger partial charge in [0.2, 0.25) is 0 Å². The molecule has 170 valence electrons. The molecule has 2 aromatic rings. The smallest absolute Gasteiger partial charge is 0.151 e. The molecule has 1 N–H and O–H groups in total. The van der Waals surface area contributed by atoms with Crippen molar-refractivity contribution in [3.05, 3.63) is 41.0 Å². The molecule has 0 spiro atoms. The fourth-order valence-corrected chi connectivity index (χ4v) is 3.93. The Morgan fingerprint density at radius 1 is 1.38 bits per heavy atom. The highest BCUT2D eigenvalue weighted by Gasteiger charge is 2.25. The number of aromatic nitrogens is 2. The van der Waals surface area contributed by atoms with Gasteiger partial charge in [0.25, 0.3) is 0 Å². The monoisotopic (exact) mass is 437 g/mol. The van der Waals surface area contributed by atoms with E-state index >= 15 is 4.39 Å². The first-order valence-corrected chi connectivity index (χ1v) is 10.9. The standard InChI is InChI=1S/C25H32FN5O/c1-15(2)19(7-8-28-6)24-25-23(21(26)13-29-24)20(18(5)16(3)12-27)11-22(30-25)31-9-10-32-14-17(31)4/h7-8,11-13,15,17,27H,9-10,14H2,1-6H3/b18-16+,19-7+,27-12?,28-8?. The van der Waals surface area contributed by atoms with Crippen molar-refractivity contribution in [1.82, 2.24) is 9.97 Å². The highest BCUT2D eigenvalue weighted by atomic mass is 19.1. The molecule has 0 bridgehead atoms. The lowest BCUT2D eigenvalue weighted by Crippen LogP contribution is -2.44. The van der Waals surface area contributed by atoms with Gasteiger partial charge >= 0.3 is 0 Å². The Morgan fingerprint density at radius 2 is 2.12 bits per heavy atom. The van der Waals surface area contributed by atoms with Gasteiger partial charge in [0.15, 0.2) is 5.82 Å². The number of morpholine rings is 1. The molecule has 6 nitrogen and oxygen atoms in total. The lowest BCUT2D eigenvalue weighted by atomic mass is 9.93. The van der Waals surface area contributed by atoms with Crippen LogP contribution < -0.4 is 4.90 Å². The zero-order valence-corrected chi connectivity index (χ0v) is 19.7. The van der Waals surface area contributed by atoms with Crippen LogP contribution in [0.2, 0.25) is 0 Å². The second-order valence-corrected chi connectivity index (χ2v) is 8.46. The number of pyridine rings is 2. The van der Waals surface area contributed by atoms with Crippen LogP contribution in [0.25, 0.3) is 22.0 Å². The van der Waals surface area contributed by atoms with Crippen LogP contribution in [-0.4, -0.2) is 55.2 Å². The second kappa shape index (κ2) is 10.1. The summed E-state index contributed by atoms with van der Waals surface area (Å²) in [6.45, 7) is 12.0. The van der Waals surface area contributed by atoms with Crippen molar-refractivity contribution in [3.8, 4) is 0 Å². The minimum absolute atomic E-state index is 0.144. The van der Waals surface area contributed by atoms with Crippen molar-refractivity contribution < 1.29 is 9.13 Å². The molecule has 1 fully saturated rings. The van der Waals surface area contributed by atoms with E-state index in [1.807, 2.05) is 26.0 Å². The zero-order valence-electron chi connectivity index (χ0n) is 19.7. The maximum Gasteiger partial charge on any atom is 0.151 e. The molecule has 0 aliphatic carbocycles. The highest BCUT2D eigenvalue weighted by Crippen LogP contribution is 2.36. The fraction of sp³-hybridized carbons (Fsp3) is 0.440. The van der Waals surface area contributed by atoms with E-state index in [1.165, 1.54) is 12.4 Å². The van der Waals surface area contributed by atoms with Crippen molar-refractivity contribution in [2.75, 3.05) is 31.7 Å². The molecule has 0 radical (unpaired) electrons. The third kappa shape index (κ3) is 4.63. The first-order chi connectivity index (χ1) is 15.3. The van der Waals surface area contributed by atoms with E-state index in [1.54, 1.807) is 13.3 Å². The number of halogens is 1. The fourth-order valence-electron chi connectivity index (χ4n) is 3.93. The number of allylic oxidation sites excluding steroid dienone is 4. The summed E-state index contributed by atoms with van der Waals surface area (Å²) in [7, 11) is 1.72. The second-order valence-electron chi connectivity index (χ2n) is 8.46. The summed E-state index contributed by atoms with van der Waals surface area (Å²) in [5.74, 6) is 0.490. The van der Waals surface area contributed by atoms with Gasteiger partial charge in [0.05, 0.1) is 31.1 Å². The number of hydrogen-bond donors (Lipinski definition) is 1. The van der Waals surface area contributed by atoms with Crippen molar-refractivity contribution in [2.24, 2.45) is 10.9 Å². The molecule has 0 amide bonds. The molecule has 1 aliphatic heterocycles. The highest BCUT2D eigenvalue weighted by molar-refractivity contribution is 6.02. The SMILES string of the molecule is CN=C/C=C(/c1ncc(F)c2c(/C(C)=C(\C)C=N)cc(N3CCOCC3C)nc12)C(C)C. The Labute approximate surface area is 189 Å². The average molecular weight is 438 g/mol. The molecule has 1 aliphatic rings. The lowest BCUT2D eigenvalue weighted by Gasteiger charge is -2.35. The molecule has 0 saturated carbocycles. The summed E-state index contributed by atoms with van der Waals surface area (Å²) in [4.78, 5) is 15.7. The topological polar surface area (TPSA) is 74.5 Å². The van der Waals surface area contributed by atoms with Gasteiger partial charge in [-0.25, -0.2) is 9.37 Å². The summed E-state index contributed by atoms with van der Waals surface area (Å²) in [6, 6.07) is 2.08. The number of nitrogens with one attached hydrogen (secondary N) is 1. The molecule has 1 saturated heterocycles. The first-order valence-electron chi connectivity index (χ1n) is 10.9. The van der Waals surface area contributed by atoms with E-state index in [9.17, 15) is 0 Å². The molecule has 2 aromatic heterocycles. The average Bonchev–Trinajstić information content (AvgIpc) is 2.79. The zero-order chi connectivity index (χ0) is 23.4. The number of anilines is 1. The maximum absolute atomic E-state index is 15.3. The quantitative estimate of drug-likeness (QED) is 0.632. The van der Waals surface area contributed by atoms with E-state index in [0.717, 1.165) is 28.1 Å². The summed E-state index contributed by atoms with van der Waals surface area (Å²) in [5, 5.41) is 8.15. The van der Waals surface area contributed by atoms with Crippen LogP contribution in [0.5, 0.6) is 0 Å². The number of aliphatic imine (C=N–C) groups is 1.